The molecule has 0 spiro atoms. The van der Waals surface area contributed by atoms with Crippen LogP contribution in [0.1, 0.15) is 34.4 Å². The maximum Gasteiger partial charge on any atom is 0.178 e. The summed E-state index contributed by atoms with van der Waals surface area (Å²) in [5, 5.41) is 51.7. The molecule has 4 heterocycles. The quantitative estimate of drug-likeness (QED) is 0.252. The van der Waals surface area contributed by atoms with Crippen LogP contribution in [-0.2, 0) is 4.74 Å². The molecule has 6 rings (SSSR count). The molecular formula is C27H22ClF2N7O4S. The second-order valence-corrected chi connectivity index (χ2v) is 11.4. The number of ether oxygens (including phenoxy) is 1. The van der Waals surface area contributed by atoms with Crippen LogP contribution in [0.15, 0.2) is 36.7 Å². The topological polar surface area (TPSA) is 155 Å². The molecule has 5 atom stereocenters. The molecule has 11 nitrogen and oxygen atoms in total. The van der Waals surface area contributed by atoms with Crippen molar-refractivity contribution < 1.29 is 28.8 Å². The predicted octanol–water partition coefficient (Wildman–Crippen LogP) is 3.56. The third kappa shape index (κ3) is 4.64. The van der Waals surface area contributed by atoms with E-state index in [0.717, 1.165) is 9.71 Å². The number of rotatable bonds is 5. The normalized spacial score (nSPS) is 22.5. The van der Waals surface area contributed by atoms with Gasteiger partial charge < -0.3 is 20.1 Å². The molecule has 2 aromatic carbocycles. The molecular weight excluding hydrogens is 592 g/mol. The van der Waals surface area contributed by atoms with E-state index in [9.17, 15) is 29.4 Å². The minimum Gasteiger partial charge on any atom is -0.394 e. The zero-order chi connectivity index (χ0) is 29.9. The monoisotopic (exact) mass is 613 g/mol. The Hall–Kier alpha value is -3.84. The molecule has 216 valence electrons. The smallest absolute Gasteiger partial charge is 0.178 e. The van der Waals surface area contributed by atoms with Crippen molar-refractivity contribution in [1.29, 1.82) is 5.26 Å². The van der Waals surface area contributed by atoms with Crippen LogP contribution in [0.3, 0.4) is 0 Å². The van der Waals surface area contributed by atoms with Gasteiger partial charge >= 0.3 is 0 Å². The van der Waals surface area contributed by atoms with Crippen LogP contribution in [0, 0.1) is 36.8 Å². The number of benzene rings is 2. The van der Waals surface area contributed by atoms with E-state index in [4.69, 9.17) is 16.3 Å². The molecule has 0 amide bonds. The lowest BCUT2D eigenvalue weighted by Gasteiger charge is -2.41. The minimum absolute atomic E-state index is 0.116. The fraction of sp³-hybridized carbons (Fsp3) is 0.296. The summed E-state index contributed by atoms with van der Waals surface area (Å²) in [6.07, 6.45) is -2.81. The number of fused-ring (bicyclic) bond motifs is 1. The minimum atomic E-state index is -1.51. The van der Waals surface area contributed by atoms with Crippen molar-refractivity contribution in [2.24, 2.45) is 0 Å². The van der Waals surface area contributed by atoms with E-state index in [1.807, 2.05) is 6.92 Å². The van der Waals surface area contributed by atoms with Crippen LogP contribution >= 0.6 is 22.9 Å². The summed E-state index contributed by atoms with van der Waals surface area (Å²) in [6.45, 7) is 2.87. The summed E-state index contributed by atoms with van der Waals surface area (Å²) in [5.41, 5.74) is 1.33. The molecule has 3 N–H and O–H groups in total. The molecule has 0 bridgehead atoms. The molecule has 42 heavy (non-hydrogen) atoms. The first-order chi connectivity index (χ1) is 20.1. The van der Waals surface area contributed by atoms with E-state index in [1.165, 1.54) is 45.2 Å². The van der Waals surface area contributed by atoms with Gasteiger partial charge in [0.15, 0.2) is 17.5 Å². The summed E-state index contributed by atoms with van der Waals surface area (Å²) in [7, 11) is 0. The van der Waals surface area contributed by atoms with E-state index >= 15 is 0 Å². The molecule has 5 aromatic rings. The Kier molecular flexibility index (Phi) is 7.26. The van der Waals surface area contributed by atoms with E-state index in [1.54, 1.807) is 19.1 Å². The Morgan fingerprint density at radius 1 is 1.14 bits per heavy atom. The lowest BCUT2D eigenvalue weighted by Crippen LogP contribution is -2.53. The van der Waals surface area contributed by atoms with Crippen LogP contribution in [0.4, 0.5) is 8.78 Å². The lowest BCUT2D eigenvalue weighted by atomic mass is 9.92. The molecule has 15 heteroatoms. The summed E-state index contributed by atoms with van der Waals surface area (Å²) in [4.78, 5) is 8.91. The third-order valence-electron chi connectivity index (χ3n) is 7.10. The van der Waals surface area contributed by atoms with Gasteiger partial charge in [-0.25, -0.2) is 23.4 Å². The van der Waals surface area contributed by atoms with Crippen LogP contribution in [0.25, 0.3) is 27.0 Å². The van der Waals surface area contributed by atoms with Crippen molar-refractivity contribution in [3.8, 4) is 22.9 Å². The Labute approximate surface area is 245 Å². The van der Waals surface area contributed by atoms with Gasteiger partial charge in [0.25, 0.3) is 0 Å². The number of aromatic nitrogens is 6. The number of thiazole rings is 1. The van der Waals surface area contributed by atoms with E-state index < -0.39 is 48.7 Å². The van der Waals surface area contributed by atoms with Gasteiger partial charge in [0.2, 0.25) is 0 Å². The highest BCUT2D eigenvalue weighted by Crippen LogP contribution is 2.40. The number of aliphatic hydroxyl groups excluding tert-OH is 3. The zero-order valence-corrected chi connectivity index (χ0v) is 23.6. The van der Waals surface area contributed by atoms with Crippen LogP contribution in [-0.4, -0.2) is 69.8 Å². The highest BCUT2D eigenvalue weighted by atomic mass is 35.5. The fourth-order valence-electron chi connectivity index (χ4n) is 5.15. The van der Waals surface area contributed by atoms with Crippen molar-refractivity contribution in [2.75, 3.05) is 6.61 Å². The molecule has 1 aliphatic heterocycles. The van der Waals surface area contributed by atoms with Gasteiger partial charge in [0.05, 0.1) is 44.3 Å². The van der Waals surface area contributed by atoms with Gasteiger partial charge in [-0.2, -0.15) is 15.5 Å². The van der Waals surface area contributed by atoms with Crippen LogP contribution in [0.2, 0.25) is 5.02 Å². The Balaban J connectivity index is 1.43. The SMILES string of the molecule is Cc1nc([C@@H]2O[C@H](CO)[C@H](O)[C@H](n3cc(-c4ccc(Cl)c(F)c4F)cn3)[C@H]2O)n(-c2cc3sc(C)nc3cc2C#N)n1. The van der Waals surface area contributed by atoms with Gasteiger partial charge in [0, 0.05) is 17.3 Å². The Bertz CT molecular complexity index is 1870. The van der Waals surface area contributed by atoms with Crippen molar-refractivity contribution in [3.05, 3.63) is 75.5 Å². The molecule has 0 saturated carbocycles. The summed E-state index contributed by atoms with van der Waals surface area (Å²) in [6, 6.07) is 6.83. The van der Waals surface area contributed by atoms with Gasteiger partial charge in [-0.15, -0.1) is 11.3 Å². The van der Waals surface area contributed by atoms with Gasteiger partial charge in [-0.1, -0.05) is 11.6 Å². The molecule has 1 saturated heterocycles. The van der Waals surface area contributed by atoms with Crippen molar-refractivity contribution in [3.63, 3.8) is 0 Å². The Morgan fingerprint density at radius 3 is 2.67 bits per heavy atom. The second-order valence-electron chi connectivity index (χ2n) is 9.79. The van der Waals surface area contributed by atoms with Crippen molar-refractivity contribution >= 4 is 33.2 Å². The third-order valence-corrected chi connectivity index (χ3v) is 8.32. The first-order valence-electron chi connectivity index (χ1n) is 12.7. The summed E-state index contributed by atoms with van der Waals surface area (Å²) < 4.78 is 38.1. The largest absolute Gasteiger partial charge is 0.394 e. The first kappa shape index (κ1) is 28.3. The molecule has 3 aromatic heterocycles. The average molecular weight is 614 g/mol. The van der Waals surface area contributed by atoms with Crippen LogP contribution < -0.4 is 0 Å². The number of nitriles is 1. The first-order valence-corrected chi connectivity index (χ1v) is 13.9. The molecule has 0 aliphatic carbocycles. The van der Waals surface area contributed by atoms with E-state index in [0.29, 0.717) is 17.0 Å². The highest BCUT2D eigenvalue weighted by molar-refractivity contribution is 7.18. The highest BCUT2D eigenvalue weighted by Gasteiger charge is 2.48. The van der Waals surface area contributed by atoms with E-state index in [2.05, 4.69) is 26.2 Å². The number of aryl methyl sites for hydroxylation is 2. The summed E-state index contributed by atoms with van der Waals surface area (Å²) >= 11 is 7.12. The molecule has 1 aliphatic rings. The maximum atomic E-state index is 14.6. The molecule has 0 radical (unpaired) electrons. The fourth-order valence-corrected chi connectivity index (χ4v) is 6.14. The zero-order valence-electron chi connectivity index (χ0n) is 22.0. The van der Waals surface area contributed by atoms with Gasteiger partial charge in [-0.05, 0) is 38.1 Å². The predicted molar refractivity (Wildman–Crippen MR) is 147 cm³/mol. The molecule has 0 unspecified atom stereocenters. The number of nitrogens with zero attached hydrogens (tertiary/aromatic N) is 7. The van der Waals surface area contributed by atoms with E-state index in [-0.39, 0.29) is 27.5 Å². The van der Waals surface area contributed by atoms with Crippen LogP contribution in [0.5, 0.6) is 0 Å². The average Bonchev–Trinajstić information content (AvgIpc) is 3.69. The number of hydrogen-bond donors (Lipinski definition) is 3. The van der Waals surface area contributed by atoms with Gasteiger partial charge in [0.1, 0.15) is 42.4 Å². The van der Waals surface area contributed by atoms with Crippen molar-refractivity contribution in [2.45, 2.75) is 44.3 Å². The lowest BCUT2D eigenvalue weighted by molar-refractivity contribution is -0.210. The van der Waals surface area contributed by atoms with Crippen molar-refractivity contribution in [1.82, 2.24) is 29.5 Å². The van der Waals surface area contributed by atoms with Gasteiger partial charge in [-0.3, -0.25) is 4.68 Å². The Morgan fingerprint density at radius 2 is 1.93 bits per heavy atom. The summed E-state index contributed by atoms with van der Waals surface area (Å²) in [5.74, 6) is -1.96. The maximum absolute atomic E-state index is 14.6. The number of aliphatic hydroxyl groups is 3. The molecule has 1 fully saturated rings. The second kappa shape index (κ2) is 10.8. The number of halogens is 3. The standard InChI is InChI=1S/C27H22ClF2N7O4S/c1-11-33-27(37(35-11)18-6-20-17(5-13(18)7-31)34-12(2)42-20)26-25(40)23(24(39)19(10-38)41-26)36-9-14(8-32-36)15-3-4-16(28)22(30)21(15)29/h3-6,8-9,19,23-26,38-40H,10H2,1-2H3/t19-,23+,24+,25-,26-/m1/s1. The number of hydrogen-bond acceptors (Lipinski definition) is 10.